The van der Waals surface area contributed by atoms with E-state index in [1.807, 2.05) is 9.80 Å². The predicted molar refractivity (Wildman–Crippen MR) is 95.8 cm³/mol. The molecule has 7 nitrogen and oxygen atoms in total. The first-order valence-corrected chi connectivity index (χ1v) is 9.89. The topological polar surface area (TPSA) is 69.9 Å². The van der Waals surface area contributed by atoms with Crippen LogP contribution in [0.25, 0.3) is 0 Å². The van der Waals surface area contributed by atoms with Crippen LogP contribution in [-0.2, 0) is 4.79 Å². The van der Waals surface area contributed by atoms with Crippen molar-refractivity contribution in [2.45, 2.75) is 51.0 Å². The molecule has 2 saturated heterocycles. The highest BCUT2D eigenvalue weighted by Gasteiger charge is 2.31. The van der Waals surface area contributed by atoms with Crippen molar-refractivity contribution >= 4 is 11.8 Å². The lowest BCUT2D eigenvalue weighted by atomic mass is 10.0. The van der Waals surface area contributed by atoms with Gasteiger partial charge in [0.05, 0.1) is 6.54 Å². The van der Waals surface area contributed by atoms with E-state index in [9.17, 15) is 9.59 Å². The zero-order valence-electron chi connectivity index (χ0n) is 15.5. The normalized spacial score (nSPS) is 24.7. The second-order valence-electron chi connectivity index (χ2n) is 7.89. The molecule has 4 rings (SSSR count). The number of rotatable bonds is 4. The van der Waals surface area contributed by atoms with E-state index in [1.165, 1.54) is 6.42 Å². The summed E-state index contributed by atoms with van der Waals surface area (Å²) in [6.45, 7) is 6.21. The van der Waals surface area contributed by atoms with Crippen molar-refractivity contribution in [3.63, 3.8) is 0 Å². The summed E-state index contributed by atoms with van der Waals surface area (Å²) in [5.41, 5.74) is 0.415. The average molecular weight is 360 g/mol. The monoisotopic (exact) mass is 360 g/mol. The third-order valence-electron chi connectivity index (χ3n) is 5.87. The number of hydrogen-bond acceptors (Lipinski definition) is 5. The van der Waals surface area contributed by atoms with E-state index >= 15 is 0 Å². The third kappa shape index (κ3) is 3.77. The van der Waals surface area contributed by atoms with Gasteiger partial charge in [0.1, 0.15) is 5.76 Å². The van der Waals surface area contributed by atoms with Gasteiger partial charge in [-0.25, -0.2) is 0 Å². The molecule has 0 bridgehead atoms. The lowest BCUT2D eigenvalue weighted by molar-refractivity contribution is -0.136. The Morgan fingerprint density at radius 3 is 2.58 bits per heavy atom. The first-order chi connectivity index (χ1) is 12.6. The van der Waals surface area contributed by atoms with Crippen LogP contribution < -0.4 is 0 Å². The van der Waals surface area contributed by atoms with Crippen LogP contribution in [0.15, 0.2) is 10.6 Å². The smallest absolute Gasteiger partial charge is 0.276 e. The van der Waals surface area contributed by atoms with Gasteiger partial charge in [0.25, 0.3) is 5.91 Å². The Labute approximate surface area is 154 Å². The van der Waals surface area contributed by atoms with E-state index < -0.39 is 0 Å². The number of amides is 2. The number of likely N-dealkylation sites (tertiary alicyclic amines) is 1. The highest BCUT2D eigenvalue weighted by atomic mass is 16.5. The number of carbonyl (C=O) groups is 2. The van der Waals surface area contributed by atoms with Gasteiger partial charge in [-0.3, -0.25) is 14.5 Å². The number of hydrogen-bond donors (Lipinski definition) is 0. The van der Waals surface area contributed by atoms with Crippen molar-refractivity contribution in [3.8, 4) is 0 Å². The van der Waals surface area contributed by atoms with Crippen molar-refractivity contribution in [2.24, 2.45) is 0 Å². The molecule has 3 heterocycles. The lowest BCUT2D eigenvalue weighted by Crippen LogP contribution is -2.53. The van der Waals surface area contributed by atoms with E-state index in [2.05, 4.69) is 17.0 Å². The minimum Gasteiger partial charge on any atom is -0.360 e. The molecule has 26 heavy (non-hydrogen) atoms. The van der Waals surface area contributed by atoms with E-state index in [0.717, 1.165) is 51.1 Å². The molecule has 1 aliphatic carbocycles. The van der Waals surface area contributed by atoms with Crippen LogP contribution in [0.2, 0.25) is 0 Å². The van der Waals surface area contributed by atoms with Crippen molar-refractivity contribution in [1.29, 1.82) is 0 Å². The summed E-state index contributed by atoms with van der Waals surface area (Å²) in [5.74, 6) is 1.47. The third-order valence-corrected chi connectivity index (χ3v) is 5.87. The predicted octanol–water partition coefficient (Wildman–Crippen LogP) is 1.71. The first kappa shape index (κ1) is 17.5. The summed E-state index contributed by atoms with van der Waals surface area (Å²) < 4.78 is 5.29. The van der Waals surface area contributed by atoms with Gasteiger partial charge in [0, 0.05) is 50.7 Å². The van der Waals surface area contributed by atoms with Crippen LogP contribution >= 0.6 is 0 Å². The summed E-state index contributed by atoms with van der Waals surface area (Å²) in [6.07, 6.45) is 5.69. The number of piperidine rings is 1. The van der Waals surface area contributed by atoms with E-state index in [4.69, 9.17) is 4.52 Å². The van der Waals surface area contributed by atoms with Crippen molar-refractivity contribution in [2.75, 3.05) is 39.3 Å². The Kier molecular flexibility index (Phi) is 4.98. The van der Waals surface area contributed by atoms with Gasteiger partial charge in [0.15, 0.2) is 5.69 Å². The molecule has 3 aliphatic rings. The number of carbonyl (C=O) groups excluding carboxylic acids is 2. The fourth-order valence-corrected chi connectivity index (χ4v) is 3.97. The summed E-state index contributed by atoms with van der Waals surface area (Å²) in [7, 11) is 0. The molecule has 1 unspecified atom stereocenters. The zero-order valence-corrected chi connectivity index (χ0v) is 15.5. The van der Waals surface area contributed by atoms with Crippen LogP contribution in [0.3, 0.4) is 0 Å². The van der Waals surface area contributed by atoms with E-state index in [0.29, 0.717) is 37.3 Å². The van der Waals surface area contributed by atoms with E-state index in [-0.39, 0.29) is 11.8 Å². The second kappa shape index (κ2) is 7.39. The highest BCUT2D eigenvalue weighted by molar-refractivity contribution is 5.92. The number of aromatic nitrogens is 1. The van der Waals surface area contributed by atoms with Crippen molar-refractivity contribution in [1.82, 2.24) is 19.9 Å². The van der Waals surface area contributed by atoms with Gasteiger partial charge in [-0.2, -0.15) is 0 Å². The molecular formula is C19H28N4O3. The van der Waals surface area contributed by atoms with Gasteiger partial charge < -0.3 is 14.3 Å². The first-order valence-electron chi connectivity index (χ1n) is 9.89. The highest BCUT2D eigenvalue weighted by Crippen LogP contribution is 2.40. The average Bonchev–Trinajstić information content (AvgIpc) is 3.39. The molecule has 2 amide bonds. The number of piperazine rings is 1. The molecule has 2 aliphatic heterocycles. The fourth-order valence-electron chi connectivity index (χ4n) is 3.97. The fraction of sp³-hybridized carbons (Fsp3) is 0.737. The Bertz CT molecular complexity index is 661. The van der Waals surface area contributed by atoms with Gasteiger partial charge in [-0.05, 0) is 39.0 Å². The molecule has 0 radical (unpaired) electrons. The molecule has 1 atom stereocenters. The van der Waals surface area contributed by atoms with Crippen molar-refractivity contribution in [3.05, 3.63) is 17.5 Å². The van der Waals surface area contributed by atoms with Gasteiger partial charge >= 0.3 is 0 Å². The quantitative estimate of drug-likeness (QED) is 0.818. The Hall–Kier alpha value is -1.89. The molecule has 0 aromatic carbocycles. The van der Waals surface area contributed by atoms with Crippen molar-refractivity contribution < 1.29 is 14.1 Å². The largest absolute Gasteiger partial charge is 0.360 e. The molecule has 7 heteroatoms. The zero-order chi connectivity index (χ0) is 18.1. The summed E-state index contributed by atoms with van der Waals surface area (Å²) >= 11 is 0. The molecule has 1 aromatic heterocycles. The van der Waals surface area contributed by atoms with E-state index in [1.54, 1.807) is 6.07 Å². The molecule has 142 valence electrons. The van der Waals surface area contributed by atoms with Gasteiger partial charge in [-0.1, -0.05) is 5.16 Å². The maximum atomic E-state index is 12.6. The van der Waals surface area contributed by atoms with Crippen LogP contribution in [-0.4, -0.2) is 77.0 Å². The molecule has 0 spiro atoms. The molecule has 1 saturated carbocycles. The standard InChI is InChI=1S/C19H28N4O3/c1-14-4-2-3-7-23(14)18(24)13-21-8-10-22(11-9-21)19(25)16-12-17(26-20-16)15-5-6-15/h12,14-15H,2-11,13H2,1H3. The summed E-state index contributed by atoms with van der Waals surface area (Å²) in [4.78, 5) is 31.2. The minimum absolute atomic E-state index is 0.0590. The Morgan fingerprint density at radius 1 is 1.12 bits per heavy atom. The molecular weight excluding hydrogens is 332 g/mol. The van der Waals surface area contributed by atoms with Crippen LogP contribution in [0.4, 0.5) is 0 Å². The lowest BCUT2D eigenvalue weighted by Gasteiger charge is -2.37. The maximum Gasteiger partial charge on any atom is 0.276 e. The summed E-state index contributed by atoms with van der Waals surface area (Å²) in [5, 5.41) is 3.95. The molecule has 0 N–H and O–H groups in total. The van der Waals surface area contributed by atoms with Gasteiger partial charge in [0.2, 0.25) is 5.91 Å². The SMILES string of the molecule is CC1CCCCN1C(=O)CN1CCN(C(=O)c2cc(C3CC3)on2)CC1. The maximum absolute atomic E-state index is 12.6. The minimum atomic E-state index is -0.0590. The summed E-state index contributed by atoms with van der Waals surface area (Å²) in [6, 6.07) is 2.15. The van der Waals surface area contributed by atoms with Crippen LogP contribution in [0, 0.1) is 0 Å². The second-order valence-corrected chi connectivity index (χ2v) is 7.89. The molecule has 1 aromatic rings. The van der Waals surface area contributed by atoms with Crippen LogP contribution in [0.5, 0.6) is 0 Å². The molecule has 3 fully saturated rings. The number of nitrogens with zero attached hydrogens (tertiary/aromatic N) is 4. The Morgan fingerprint density at radius 2 is 1.88 bits per heavy atom. The Balaban J connectivity index is 1.26. The van der Waals surface area contributed by atoms with Gasteiger partial charge in [-0.15, -0.1) is 0 Å². The van der Waals surface area contributed by atoms with Crippen LogP contribution in [0.1, 0.15) is 61.2 Å².